The van der Waals surface area contributed by atoms with Gasteiger partial charge in [-0.25, -0.2) is 0 Å². The molecular formula is C27H44. The fourth-order valence-corrected chi connectivity index (χ4v) is 9.01. The number of allylic oxidation sites excluding steroid dienone is 2. The summed E-state index contributed by atoms with van der Waals surface area (Å²) < 4.78 is 0. The van der Waals surface area contributed by atoms with Crippen molar-refractivity contribution in [1.29, 1.82) is 0 Å². The molecule has 0 heteroatoms. The zero-order chi connectivity index (χ0) is 19.0. The van der Waals surface area contributed by atoms with Crippen molar-refractivity contribution in [3.63, 3.8) is 0 Å². The molecule has 9 atom stereocenters. The summed E-state index contributed by atoms with van der Waals surface area (Å²) in [5.74, 6) is 8.63. The average molecular weight is 369 g/mol. The molecule has 0 N–H and O–H groups in total. The zero-order valence-corrected chi connectivity index (χ0v) is 18.7. The Morgan fingerprint density at radius 1 is 0.741 bits per heavy atom. The molecule has 0 heterocycles. The van der Waals surface area contributed by atoms with E-state index in [1.54, 1.807) is 19.3 Å². The Hall–Kier alpha value is -0.260. The molecule has 9 unspecified atom stereocenters. The Morgan fingerprint density at radius 2 is 1.44 bits per heavy atom. The van der Waals surface area contributed by atoms with Gasteiger partial charge >= 0.3 is 0 Å². The lowest BCUT2D eigenvalue weighted by Crippen LogP contribution is -2.52. The van der Waals surface area contributed by atoms with Crippen LogP contribution >= 0.6 is 0 Å². The van der Waals surface area contributed by atoms with Crippen LogP contribution < -0.4 is 0 Å². The summed E-state index contributed by atoms with van der Waals surface area (Å²) in [6, 6.07) is 0. The Labute approximate surface area is 169 Å². The molecule has 0 aromatic rings. The van der Waals surface area contributed by atoms with Crippen LogP contribution in [0.1, 0.15) is 92.4 Å². The van der Waals surface area contributed by atoms with Crippen molar-refractivity contribution >= 4 is 0 Å². The quantitative estimate of drug-likeness (QED) is 0.447. The van der Waals surface area contributed by atoms with Crippen LogP contribution in [0.3, 0.4) is 0 Å². The maximum absolute atomic E-state index is 2.77. The summed E-state index contributed by atoms with van der Waals surface area (Å²) >= 11 is 0. The predicted molar refractivity (Wildman–Crippen MR) is 115 cm³/mol. The van der Waals surface area contributed by atoms with Gasteiger partial charge in [-0.2, -0.15) is 0 Å². The van der Waals surface area contributed by atoms with Crippen LogP contribution in [0.5, 0.6) is 0 Å². The van der Waals surface area contributed by atoms with Crippen molar-refractivity contribution in [1.82, 2.24) is 0 Å². The van der Waals surface area contributed by atoms with Gasteiger partial charge in [0.15, 0.2) is 0 Å². The van der Waals surface area contributed by atoms with E-state index in [1.165, 1.54) is 38.5 Å². The van der Waals surface area contributed by atoms with Gasteiger partial charge in [-0.05, 0) is 122 Å². The van der Waals surface area contributed by atoms with Crippen LogP contribution in [0.4, 0.5) is 0 Å². The van der Waals surface area contributed by atoms with E-state index >= 15 is 0 Å². The normalized spacial score (nSPS) is 53.0. The molecule has 5 rings (SSSR count). The summed E-state index contributed by atoms with van der Waals surface area (Å²) in [4.78, 5) is 0. The molecule has 0 aromatic heterocycles. The summed E-state index contributed by atoms with van der Waals surface area (Å²) in [6.07, 6.45) is 19.2. The van der Waals surface area contributed by atoms with Gasteiger partial charge in [-0.15, -0.1) is 0 Å². The van der Waals surface area contributed by atoms with Gasteiger partial charge in [0.05, 0.1) is 0 Å². The van der Waals surface area contributed by atoms with Crippen LogP contribution in [0.2, 0.25) is 0 Å². The predicted octanol–water partition coefficient (Wildman–Crippen LogP) is 7.74. The second kappa shape index (κ2) is 6.37. The smallest absolute Gasteiger partial charge is 0.0166 e. The lowest BCUT2D eigenvalue weighted by molar-refractivity contribution is -0.0742. The molecule has 0 amide bonds. The Balaban J connectivity index is 1.40. The molecule has 0 aromatic carbocycles. The average Bonchev–Trinajstić information content (AvgIpc) is 3.42. The van der Waals surface area contributed by atoms with E-state index in [0.29, 0.717) is 10.8 Å². The Kier molecular flexibility index (Phi) is 4.42. The highest BCUT2D eigenvalue weighted by molar-refractivity contribution is 5.18. The number of hydrogen-bond donors (Lipinski definition) is 0. The van der Waals surface area contributed by atoms with E-state index < -0.39 is 0 Å². The summed E-state index contributed by atoms with van der Waals surface area (Å²) in [6.45, 7) is 12.9. The molecule has 27 heavy (non-hydrogen) atoms. The first-order valence-corrected chi connectivity index (χ1v) is 12.5. The van der Waals surface area contributed by atoms with Gasteiger partial charge in [0.1, 0.15) is 0 Å². The fourth-order valence-electron chi connectivity index (χ4n) is 9.01. The molecule has 0 spiro atoms. The third-order valence-corrected chi connectivity index (χ3v) is 11.3. The SMILES string of the molecule is CC(C)C(C)C1CCC2C3C=CC4CC(C5CC5)CCC4(C)C3CCC12C. The van der Waals surface area contributed by atoms with Gasteiger partial charge in [0.25, 0.3) is 0 Å². The van der Waals surface area contributed by atoms with E-state index in [-0.39, 0.29) is 0 Å². The molecule has 0 bridgehead atoms. The second-order valence-corrected chi connectivity index (χ2v) is 12.5. The minimum atomic E-state index is 0.615. The second-order valence-electron chi connectivity index (χ2n) is 12.5. The third kappa shape index (κ3) is 2.74. The number of fused-ring (bicyclic) bond motifs is 5. The minimum Gasteiger partial charge on any atom is -0.0846 e. The van der Waals surface area contributed by atoms with Gasteiger partial charge in [0.2, 0.25) is 0 Å². The van der Waals surface area contributed by atoms with Gasteiger partial charge in [-0.3, -0.25) is 0 Å². The van der Waals surface area contributed by atoms with E-state index in [9.17, 15) is 0 Å². The topological polar surface area (TPSA) is 0 Å². The minimum absolute atomic E-state index is 0.615. The Morgan fingerprint density at radius 3 is 2.15 bits per heavy atom. The van der Waals surface area contributed by atoms with Gasteiger partial charge < -0.3 is 0 Å². The summed E-state index contributed by atoms with van der Waals surface area (Å²) in [5.41, 5.74) is 1.23. The van der Waals surface area contributed by atoms with Crippen molar-refractivity contribution in [3.8, 4) is 0 Å². The first-order valence-electron chi connectivity index (χ1n) is 12.5. The van der Waals surface area contributed by atoms with Crippen LogP contribution in [-0.4, -0.2) is 0 Å². The molecule has 4 fully saturated rings. The maximum atomic E-state index is 2.77. The molecule has 0 nitrogen and oxygen atoms in total. The maximum Gasteiger partial charge on any atom is -0.0166 e. The molecule has 4 saturated carbocycles. The molecule has 5 aliphatic carbocycles. The molecule has 0 radical (unpaired) electrons. The highest BCUT2D eigenvalue weighted by atomic mass is 14.6. The van der Waals surface area contributed by atoms with E-state index in [4.69, 9.17) is 0 Å². The van der Waals surface area contributed by atoms with Crippen LogP contribution in [0.25, 0.3) is 0 Å². The first kappa shape index (κ1) is 18.7. The Bertz CT molecular complexity index is 597. The van der Waals surface area contributed by atoms with Crippen LogP contribution in [-0.2, 0) is 0 Å². The molecule has 0 saturated heterocycles. The monoisotopic (exact) mass is 368 g/mol. The van der Waals surface area contributed by atoms with Crippen molar-refractivity contribution in [2.45, 2.75) is 92.4 Å². The van der Waals surface area contributed by atoms with Gasteiger partial charge in [-0.1, -0.05) is 46.8 Å². The highest BCUT2D eigenvalue weighted by Gasteiger charge is 2.60. The lowest BCUT2D eigenvalue weighted by atomic mass is 9.45. The van der Waals surface area contributed by atoms with E-state index in [2.05, 4.69) is 46.8 Å². The first-order chi connectivity index (χ1) is 12.8. The largest absolute Gasteiger partial charge is 0.0846 e. The standard InChI is InChI=1S/C27H44/c1-17(2)18(3)23-10-11-24-22-9-8-21-16-20(19-6-7-19)12-14-26(21,4)25(22)13-15-27(23,24)5/h8-9,17-25H,6-7,10-16H2,1-5H3. The van der Waals surface area contributed by atoms with Crippen LogP contribution in [0, 0.1) is 64.1 Å². The van der Waals surface area contributed by atoms with Crippen molar-refractivity contribution in [2.75, 3.05) is 0 Å². The fraction of sp³-hybridized carbons (Fsp3) is 0.926. The lowest BCUT2D eigenvalue weighted by Gasteiger charge is -2.59. The number of rotatable bonds is 3. The molecule has 0 aliphatic heterocycles. The highest BCUT2D eigenvalue weighted by Crippen LogP contribution is 2.68. The molecular weight excluding hydrogens is 324 g/mol. The van der Waals surface area contributed by atoms with Gasteiger partial charge in [0, 0.05) is 0 Å². The van der Waals surface area contributed by atoms with Crippen molar-refractivity contribution < 1.29 is 0 Å². The van der Waals surface area contributed by atoms with Crippen molar-refractivity contribution in [3.05, 3.63) is 12.2 Å². The number of hydrogen-bond acceptors (Lipinski definition) is 0. The van der Waals surface area contributed by atoms with E-state index in [1.807, 2.05) is 0 Å². The zero-order valence-electron chi connectivity index (χ0n) is 18.7. The third-order valence-electron chi connectivity index (χ3n) is 11.3. The summed E-state index contributed by atoms with van der Waals surface area (Å²) in [5, 5.41) is 0. The summed E-state index contributed by atoms with van der Waals surface area (Å²) in [7, 11) is 0. The molecule has 152 valence electrons. The van der Waals surface area contributed by atoms with Crippen molar-refractivity contribution in [2.24, 2.45) is 64.1 Å². The van der Waals surface area contributed by atoms with E-state index in [0.717, 1.165) is 53.3 Å². The molecule has 5 aliphatic rings. The van der Waals surface area contributed by atoms with Crippen LogP contribution in [0.15, 0.2) is 12.2 Å².